The topological polar surface area (TPSA) is 37.3 Å². The zero-order chi connectivity index (χ0) is 18.1. The summed E-state index contributed by atoms with van der Waals surface area (Å²) in [7, 11) is 0. The fourth-order valence-electron chi connectivity index (χ4n) is 1.61. The van der Waals surface area contributed by atoms with Crippen LogP contribution in [0.3, 0.4) is 0 Å². The number of aliphatic hydroxyl groups is 1. The van der Waals surface area contributed by atoms with Crippen molar-refractivity contribution < 1.29 is 45.0 Å². The Balaban J connectivity index is 3.01. The van der Waals surface area contributed by atoms with Crippen LogP contribution in [0, 0.1) is 0 Å². The molecule has 0 radical (unpaired) electrons. The van der Waals surface area contributed by atoms with Gasteiger partial charge in [-0.25, -0.2) is 8.78 Å². The number of benzene rings is 1. The summed E-state index contributed by atoms with van der Waals surface area (Å²) in [5, 5.41) is 9.06. The van der Waals surface area contributed by atoms with Gasteiger partial charge in [0.2, 0.25) is 0 Å². The van der Waals surface area contributed by atoms with E-state index in [0.29, 0.717) is 0 Å². The summed E-state index contributed by atoms with van der Waals surface area (Å²) in [5.41, 5.74) is -0.244. The molecule has 1 rings (SSSR count). The lowest BCUT2D eigenvalue weighted by molar-refractivity contribution is -0.355. The molecule has 1 N–H and O–H groups in total. The molecule has 0 aliphatic rings. The van der Waals surface area contributed by atoms with E-state index >= 15 is 0 Å². The van der Waals surface area contributed by atoms with E-state index < -0.39 is 42.5 Å². The van der Waals surface area contributed by atoms with Gasteiger partial charge in [-0.05, 0) is 0 Å². The second-order valence-corrected chi connectivity index (χ2v) is 4.63. The quantitative estimate of drug-likeness (QED) is 0.600. The maximum atomic E-state index is 13.4. The highest BCUT2D eigenvalue weighted by Crippen LogP contribution is 2.50. The number of ketones is 1. The van der Waals surface area contributed by atoms with E-state index in [2.05, 4.69) is 0 Å². The summed E-state index contributed by atoms with van der Waals surface area (Å²) in [6, 6.07) is 6.27. The van der Waals surface area contributed by atoms with Crippen LogP contribution in [0.25, 0.3) is 0 Å². The predicted molar refractivity (Wildman–Crippen MR) is 62.2 cm³/mol. The third-order valence-corrected chi connectivity index (χ3v) is 3.00. The van der Waals surface area contributed by atoms with Gasteiger partial charge in [-0.1, -0.05) is 30.3 Å². The summed E-state index contributed by atoms with van der Waals surface area (Å²) >= 11 is 0. The molecule has 1 unspecified atom stereocenters. The van der Waals surface area contributed by atoms with Crippen molar-refractivity contribution in [1.29, 1.82) is 0 Å². The second-order valence-electron chi connectivity index (χ2n) is 4.63. The van der Waals surface area contributed by atoms with Crippen molar-refractivity contribution in [1.82, 2.24) is 0 Å². The van der Waals surface area contributed by atoms with Gasteiger partial charge in [0.1, 0.15) is 6.10 Å². The number of halogens is 8. The number of alkyl halides is 8. The Morgan fingerprint density at radius 3 is 1.87 bits per heavy atom. The molecule has 0 bridgehead atoms. The van der Waals surface area contributed by atoms with E-state index in [1.54, 1.807) is 0 Å². The van der Waals surface area contributed by atoms with Gasteiger partial charge < -0.3 is 5.11 Å². The van der Waals surface area contributed by atoms with Gasteiger partial charge in [-0.2, -0.15) is 26.3 Å². The molecule has 130 valence electrons. The minimum Gasteiger partial charge on any atom is -0.386 e. The third-order valence-electron chi connectivity index (χ3n) is 3.00. The van der Waals surface area contributed by atoms with Gasteiger partial charge >= 0.3 is 24.2 Å². The van der Waals surface area contributed by atoms with Gasteiger partial charge in [-0.15, -0.1) is 0 Å². The lowest BCUT2D eigenvalue weighted by atomic mass is 9.94. The molecular weight excluding hydrogens is 340 g/mol. The monoisotopic (exact) mass is 350 g/mol. The van der Waals surface area contributed by atoms with Crippen LogP contribution in [0.15, 0.2) is 30.3 Å². The molecule has 0 saturated heterocycles. The van der Waals surface area contributed by atoms with Gasteiger partial charge in [0, 0.05) is 12.0 Å². The van der Waals surface area contributed by atoms with Crippen LogP contribution >= 0.6 is 0 Å². The number of Topliss-reactive ketones (excluding diaryl/α,β-unsaturated/α-hetero) is 1. The highest BCUT2D eigenvalue weighted by molar-refractivity contribution is 5.96. The van der Waals surface area contributed by atoms with E-state index in [1.807, 2.05) is 0 Å². The van der Waals surface area contributed by atoms with Crippen molar-refractivity contribution in [3.8, 4) is 0 Å². The Labute approximate surface area is 124 Å². The van der Waals surface area contributed by atoms with Crippen LogP contribution in [0.4, 0.5) is 35.1 Å². The zero-order valence-electron chi connectivity index (χ0n) is 11.1. The number of rotatable bonds is 7. The van der Waals surface area contributed by atoms with Gasteiger partial charge in [0.25, 0.3) is 0 Å². The summed E-state index contributed by atoms with van der Waals surface area (Å²) in [5.74, 6) is -20.1. The number of carbonyl (C=O) groups is 1. The Morgan fingerprint density at radius 2 is 1.43 bits per heavy atom. The predicted octanol–water partition coefficient (Wildman–Crippen LogP) is 3.79. The molecule has 0 aromatic heterocycles. The molecular formula is C13H10F8O2. The molecule has 0 saturated carbocycles. The van der Waals surface area contributed by atoms with E-state index in [0.717, 1.165) is 12.1 Å². The maximum Gasteiger partial charge on any atom is 0.380 e. The highest BCUT2D eigenvalue weighted by Gasteiger charge is 2.77. The fraction of sp³-hybridized carbons (Fsp3) is 0.462. The number of carbonyl (C=O) groups excluding carboxylic acids is 1. The summed E-state index contributed by atoms with van der Waals surface area (Å²) in [4.78, 5) is 11.5. The first-order valence-electron chi connectivity index (χ1n) is 6.03. The van der Waals surface area contributed by atoms with E-state index in [-0.39, 0.29) is 5.56 Å². The smallest absolute Gasteiger partial charge is 0.380 e. The third kappa shape index (κ3) is 3.46. The lowest BCUT2D eigenvalue weighted by Gasteiger charge is -2.34. The average molecular weight is 350 g/mol. The molecule has 1 atom stereocenters. The van der Waals surface area contributed by atoms with Crippen LogP contribution in [-0.4, -0.2) is 41.2 Å². The first-order chi connectivity index (χ1) is 10.4. The van der Waals surface area contributed by atoms with Crippen molar-refractivity contribution in [3.63, 3.8) is 0 Å². The minimum absolute atomic E-state index is 0.244. The van der Waals surface area contributed by atoms with Crippen molar-refractivity contribution in [2.24, 2.45) is 0 Å². The van der Waals surface area contributed by atoms with Crippen molar-refractivity contribution in [2.75, 3.05) is 0 Å². The molecule has 0 aliphatic carbocycles. The molecule has 0 fully saturated rings. The number of aliphatic hydroxyl groups excluding tert-OH is 1. The van der Waals surface area contributed by atoms with Crippen molar-refractivity contribution in [3.05, 3.63) is 35.9 Å². The zero-order valence-corrected chi connectivity index (χ0v) is 11.1. The van der Waals surface area contributed by atoms with Gasteiger partial charge in [-0.3, -0.25) is 4.79 Å². The van der Waals surface area contributed by atoms with Crippen LogP contribution in [0.1, 0.15) is 16.8 Å². The Morgan fingerprint density at radius 1 is 0.957 bits per heavy atom. The SMILES string of the molecule is O=C(CC(O)C(F)(F)C(F)(F)C(F)(F)C(F)F)c1ccccc1. The molecule has 1 aromatic carbocycles. The van der Waals surface area contributed by atoms with Gasteiger partial charge in [0.05, 0.1) is 0 Å². The van der Waals surface area contributed by atoms with Crippen LogP contribution < -0.4 is 0 Å². The molecule has 23 heavy (non-hydrogen) atoms. The molecule has 0 amide bonds. The second kappa shape index (κ2) is 6.42. The minimum atomic E-state index is -6.55. The number of hydrogen-bond acceptors (Lipinski definition) is 2. The Hall–Kier alpha value is -1.71. The van der Waals surface area contributed by atoms with Crippen LogP contribution in [0.5, 0.6) is 0 Å². The fourth-order valence-corrected chi connectivity index (χ4v) is 1.61. The maximum absolute atomic E-state index is 13.4. The molecule has 10 heteroatoms. The summed E-state index contributed by atoms with van der Waals surface area (Å²) in [6.45, 7) is 0. The van der Waals surface area contributed by atoms with E-state index in [4.69, 9.17) is 5.11 Å². The highest BCUT2D eigenvalue weighted by atomic mass is 19.4. The molecule has 2 nitrogen and oxygen atoms in total. The van der Waals surface area contributed by atoms with Crippen molar-refractivity contribution >= 4 is 5.78 Å². The molecule has 1 aromatic rings. The summed E-state index contributed by atoms with van der Waals surface area (Å²) in [6.07, 6.45) is -10.3. The Kier molecular flexibility index (Phi) is 5.40. The van der Waals surface area contributed by atoms with Crippen LogP contribution in [0.2, 0.25) is 0 Å². The van der Waals surface area contributed by atoms with E-state index in [1.165, 1.54) is 18.2 Å². The lowest BCUT2D eigenvalue weighted by Crippen LogP contribution is -2.62. The van der Waals surface area contributed by atoms with Gasteiger partial charge in [0.15, 0.2) is 5.78 Å². The molecule has 0 heterocycles. The molecule has 0 spiro atoms. The standard InChI is InChI=1S/C13H10F8O2/c14-10(15)12(18,19)13(20,21)11(16,17)9(23)6-8(22)7-4-2-1-3-5-7/h1-5,9-10,23H,6H2. The van der Waals surface area contributed by atoms with E-state index in [9.17, 15) is 39.9 Å². The number of hydrogen-bond donors (Lipinski definition) is 1. The average Bonchev–Trinajstić information content (AvgIpc) is 2.47. The normalized spacial score (nSPS) is 14.9. The van der Waals surface area contributed by atoms with Crippen molar-refractivity contribution in [2.45, 2.75) is 36.7 Å². The summed E-state index contributed by atoms with van der Waals surface area (Å²) < 4.78 is 102. The first kappa shape index (κ1) is 19.3. The first-order valence-corrected chi connectivity index (χ1v) is 6.03. The largest absolute Gasteiger partial charge is 0.386 e. The van der Waals surface area contributed by atoms with Crippen LogP contribution in [-0.2, 0) is 0 Å². The molecule has 0 aliphatic heterocycles. The Bertz CT molecular complexity index is 544.